The van der Waals surface area contributed by atoms with Crippen molar-refractivity contribution in [2.75, 3.05) is 0 Å². The molecule has 234 valence electrons. The summed E-state index contributed by atoms with van der Waals surface area (Å²) in [5.74, 6) is -0.341. The van der Waals surface area contributed by atoms with Gasteiger partial charge in [-0.25, -0.2) is 0 Å². The summed E-state index contributed by atoms with van der Waals surface area (Å²) in [4.78, 5) is 33.8. The van der Waals surface area contributed by atoms with Crippen LogP contribution in [0.1, 0.15) is 33.4 Å². The van der Waals surface area contributed by atoms with Gasteiger partial charge in [0.25, 0.3) is 11.8 Å². The number of aryl methyl sites for hydroxylation is 2. The topological polar surface area (TPSA) is 40.6 Å². The van der Waals surface area contributed by atoms with E-state index in [2.05, 4.69) is 94.2 Å². The third kappa shape index (κ3) is 5.02. The Balaban J connectivity index is 1.44. The Hall–Kier alpha value is -4.78. The van der Waals surface area contributed by atoms with Crippen LogP contribution in [0.3, 0.4) is 0 Å². The third-order valence-corrected chi connectivity index (χ3v) is 10.7. The molecule has 0 bridgehead atoms. The number of hydrogen-bond donors (Lipinski definition) is 0. The summed E-state index contributed by atoms with van der Waals surface area (Å²) in [6.45, 7) is 4.79. The molecule has 2 amide bonds. The van der Waals surface area contributed by atoms with E-state index in [1.54, 1.807) is 0 Å². The molecule has 0 saturated carbocycles. The number of fused-ring (bicyclic) bond motifs is 3. The summed E-state index contributed by atoms with van der Waals surface area (Å²) in [6.07, 6.45) is 0. The highest BCUT2D eigenvalue weighted by Crippen LogP contribution is 2.50. The quantitative estimate of drug-likeness (QED) is 0.170. The maximum absolute atomic E-state index is 15.1. The van der Waals surface area contributed by atoms with E-state index in [1.165, 1.54) is 0 Å². The molecule has 4 nitrogen and oxygen atoms in total. The second kappa shape index (κ2) is 12.0. The van der Waals surface area contributed by atoms with E-state index in [0.717, 1.165) is 63.9 Å². The summed E-state index contributed by atoms with van der Waals surface area (Å²) in [5.41, 5.74) is 8.15. The Morgan fingerprint density at radius 2 is 0.875 bits per heavy atom. The SMILES string of the molecule is Cc1cccc(CN2C(=O)C3=C(c4ccc(Br)c5ccccc45)N(Cc4cccc(C)c4)C(=O)C3=C2c2ccc(Br)c3ccccc23)c1. The standard InChI is InChI=1S/C42H30Br2N2O2/c1-25-9-7-11-27(21-25)23-45-39(33-17-19-35(43)31-15-5-3-13-29(31)33)37-38(41(45)47)40(34-18-20-36(44)32-16-6-4-14-30(32)34)46(42(37)48)24-28-12-8-10-26(2)22-28/h3-22H,23-24H2,1-2H3. The monoisotopic (exact) mass is 752 g/mol. The molecular formula is C42H30Br2N2O2. The van der Waals surface area contributed by atoms with Crippen molar-refractivity contribution in [1.82, 2.24) is 9.80 Å². The van der Waals surface area contributed by atoms with Gasteiger partial charge in [-0.2, -0.15) is 0 Å². The third-order valence-electron chi connectivity index (χ3n) is 9.28. The molecule has 6 aromatic carbocycles. The van der Waals surface area contributed by atoms with Gasteiger partial charge in [0.1, 0.15) is 0 Å². The molecule has 48 heavy (non-hydrogen) atoms. The zero-order valence-corrected chi connectivity index (χ0v) is 29.6. The molecule has 2 aliphatic heterocycles. The second-order valence-corrected chi connectivity index (χ2v) is 14.2. The number of carbonyl (C=O) groups is 2. The lowest BCUT2D eigenvalue weighted by molar-refractivity contribution is -0.124. The largest absolute Gasteiger partial charge is 0.302 e. The van der Waals surface area contributed by atoms with Crippen LogP contribution in [0.2, 0.25) is 0 Å². The fourth-order valence-corrected chi connectivity index (χ4v) is 8.14. The van der Waals surface area contributed by atoms with Crippen molar-refractivity contribution in [2.45, 2.75) is 26.9 Å². The van der Waals surface area contributed by atoms with Crippen LogP contribution in [0.15, 0.2) is 141 Å². The smallest absolute Gasteiger partial charge is 0.261 e. The van der Waals surface area contributed by atoms with Crippen molar-refractivity contribution in [3.05, 3.63) is 175 Å². The molecule has 6 aromatic rings. The predicted octanol–water partition coefficient (Wildman–Crippen LogP) is 10.3. The lowest BCUT2D eigenvalue weighted by Crippen LogP contribution is -2.29. The average Bonchev–Trinajstić information content (AvgIpc) is 3.52. The number of benzene rings is 6. The molecule has 0 fully saturated rings. The molecule has 0 atom stereocenters. The second-order valence-electron chi connectivity index (χ2n) is 12.5. The van der Waals surface area contributed by atoms with Crippen LogP contribution in [0, 0.1) is 13.8 Å². The minimum Gasteiger partial charge on any atom is -0.302 e. The predicted molar refractivity (Wildman–Crippen MR) is 201 cm³/mol. The van der Waals surface area contributed by atoms with E-state index in [9.17, 15) is 0 Å². The molecule has 0 spiro atoms. The van der Waals surface area contributed by atoms with E-state index >= 15 is 9.59 Å². The molecule has 0 saturated heterocycles. The number of rotatable bonds is 6. The van der Waals surface area contributed by atoms with Gasteiger partial charge in [-0.15, -0.1) is 0 Å². The molecule has 8 rings (SSSR count). The molecule has 0 aromatic heterocycles. The lowest BCUT2D eigenvalue weighted by Gasteiger charge is -2.27. The number of amides is 2. The van der Waals surface area contributed by atoms with Crippen LogP contribution in [0.5, 0.6) is 0 Å². The summed E-state index contributed by atoms with van der Waals surface area (Å²) in [5, 5.41) is 3.98. The number of hydrogen-bond acceptors (Lipinski definition) is 2. The first-order valence-corrected chi connectivity index (χ1v) is 17.5. The zero-order chi connectivity index (χ0) is 33.1. The van der Waals surface area contributed by atoms with Gasteiger partial charge >= 0.3 is 0 Å². The summed E-state index contributed by atoms with van der Waals surface area (Å²) in [6, 6.07) is 40.8. The van der Waals surface area contributed by atoms with Crippen LogP contribution >= 0.6 is 31.9 Å². The van der Waals surface area contributed by atoms with Crippen LogP contribution in [-0.4, -0.2) is 21.6 Å². The first kappa shape index (κ1) is 30.5. The van der Waals surface area contributed by atoms with Gasteiger partial charge < -0.3 is 9.80 Å². The van der Waals surface area contributed by atoms with Gasteiger partial charge in [0.05, 0.1) is 35.6 Å². The Morgan fingerprint density at radius 1 is 0.479 bits per heavy atom. The average molecular weight is 755 g/mol. The van der Waals surface area contributed by atoms with Crippen molar-refractivity contribution in [3.63, 3.8) is 0 Å². The van der Waals surface area contributed by atoms with Crippen molar-refractivity contribution < 1.29 is 9.59 Å². The maximum atomic E-state index is 15.1. The van der Waals surface area contributed by atoms with Crippen LogP contribution < -0.4 is 0 Å². The van der Waals surface area contributed by atoms with Crippen LogP contribution in [0.4, 0.5) is 0 Å². The fourth-order valence-electron chi connectivity index (χ4n) is 7.18. The minimum atomic E-state index is -0.171. The van der Waals surface area contributed by atoms with Crippen molar-refractivity contribution in [3.8, 4) is 0 Å². The first-order chi connectivity index (χ1) is 23.3. The minimum absolute atomic E-state index is 0.171. The van der Waals surface area contributed by atoms with E-state index in [0.29, 0.717) is 35.6 Å². The van der Waals surface area contributed by atoms with Crippen LogP contribution in [-0.2, 0) is 22.7 Å². The number of carbonyl (C=O) groups excluding carboxylic acids is 2. The van der Waals surface area contributed by atoms with E-state index in [1.807, 2.05) is 82.6 Å². The number of halogens is 2. The maximum Gasteiger partial charge on any atom is 0.261 e. The van der Waals surface area contributed by atoms with E-state index in [-0.39, 0.29) is 11.8 Å². The highest BCUT2D eigenvalue weighted by molar-refractivity contribution is 9.11. The molecular weight excluding hydrogens is 724 g/mol. The van der Waals surface area contributed by atoms with Gasteiger partial charge in [0.15, 0.2) is 0 Å². The normalized spacial score (nSPS) is 14.7. The van der Waals surface area contributed by atoms with E-state index in [4.69, 9.17) is 0 Å². The van der Waals surface area contributed by atoms with Gasteiger partial charge in [0, 0.05) is 20.1 Å². The Kier molecular flexibility index (Phi) is 7.66. The molecule has 2 heterocycles. The molecule has 0 N–H and O–H groups in total. The summed E-state index contributed by atoms with van der Waals surface area (Å²) in [7, 11) is 0. The molecule has 2 aliphatic rings. The molecule has 6 heteroatoms. The van der Waals surface area contributed by atoms with Gasteiger partial charge in [-0.1, -0.05) is 152 Å². The van der Waals surface area contributed by atoms with Gasteiger partial charge in [-0.05, 0) is 58.7 Å². The van der Waals surface area contributed by atoms with Crippen molar-refractivity contribution in [1.29, 1.82) is 0 Å². The highest BCUT2D eigenvalue weighted by Gasteiger charge is 2.49. The van der Waals surface area contributed by atoms with Gasteiger partial charge in [0.2, 0.25) is 0 Å². The fraction of sp³-hybridized carbons (Fsp3) is 0.0952. The van der Waals surface area contributed by atoms with Crippen molar-refractivity contribution >= 4 is 76.6 Å². The molecule has 0 radical (unpaired) electrons. The summed E-state index contributed by atoms with van der Waals surface area (Å²) >= 11 is 7.47. The Labute approximate surface area is 296 Å². The first-order valence-electron chi connectivity index (χ1n) is 15.9. The Morgan fingerprint density at radius 3 is 1.27 bits per heavy atom. The van der Waals surface area contributed by atoms with Gasteiger partial charge in [-0.3, -0.25) is 9.59 Å². The van der Waals surface area contributed by atoms with Crippen LogP contribution in [0.25, 0.3) is 32.9 Å². The molecule has 0 aliphatic carbocycles. The van der Waals surface area contributed by atoms with Crippen molar-refractivity contribution in [2.24, 2.45) is 0 Å². The lowest BCUT2D eigenvalue weighted by atomic mass is 9.96. The summed E-state index contributed by atoms with van der Waals surface area (Å²) < 4.78 is 1.91. The highest BCUT2D eigenvalue weighted by atomic mass is 79.9. The number of nitrogens with zero attached hydrogens (tertiary/aromatic N) is 2. The van der Waals surface area contributed by atoms with E-state index < -0.39 is 0 Å². The Bertz CT molecular complexity index is 2240. The molecule has 0 unspecified atom stereocenters. The zero-order valence-electron chi connectivity index (χ0n) is 26.4.